The fraction of sp³-hybridized carbons (Fsp3) is 0.929. The van der Waals surface area contributed by atoms with Crippen LogP contribution < -0.4 is 5.32 Å². The van der Waals surface area contributed by atoms with E-state index in [0.717, 1.165) is 6.54 Å². The zero-order chi connectivity index (χ0) is 13.6. The lowest BCUT2D eigenvalue weighted by Crippen LogP contribution is -2.39. The Kier molecular flexibility index (Phi) is 6.09. The van der Waals surface area contributed by atoms with E-state index in [1.807, 2.05) is 20.8 Å². The van der Waals surface area contributed by atoms with Crippen molar-refractivity contribution in [3.8, 4) is 0 Å². The molecule has 0 bridgehead atoms. The molecule has 1 unspecified atom stereocenters. The summed E-state index contributed by atoms with van der Waals surface area (Å²) in [5.41, 5.74) is -0.375. The summed E-state index contributed by atoms with van der Waals surface area (Å²) in [5, 5.41) is 3.34. The Morgan fingerprint density at radius 2 is 1.94 bits per heavy atom. The Hall–Kier alpha value is -0.610. The molecule has 0 aromatic heterocycles. The second kappa shape index (κ2) is 7.10. The molecule has 0 aromatic rings. The van der Waals surface area contributed by atoms with Gasteiger partial charge in [0.05, 0.1) is 6.42 Å². The minimum atomic E-state index is -0.375. The van der Waals surface area contributed by atoms with Crippen LogP contribution in [0.5, 0.6) is 0 Å². The molecule has 4 heteroatoms. The van der Waals surface area contributed by atoms with Crippen LogP contribution in [0, 0.1) is 0 Å². The second-order valence-electron chi connectivity index (χ2n) is 6.13. The number of rotatable bonds is 6. The quantitative estimate of drug-likeness (QED) is 0.581. The lowest BCUT2D eigenvalue weighted by atomic mass is 10.2. The summed E-state index contributed by atoms with van der Waals surface area (Å²) in [5.74, 6) is -0.121. The van der Waals surface area contributed by atoms with Crippen molar-refractivity contribution in [2.45, 2.75) is 58.6 Å². The number of hydrogen-bond acceptors (Lipinski definition) is 4. The monoisotopic (exact) mass is 256 g/mol. The lowest BCUT2D eigenvalue weighted by Gasteiger charge is -2.24. The van der Waals surface area contributed by atoms with Crippen molar-refractivity contribution in [1.29, 1.82) is 0 Å². The number of nitrogens with zero attached hydrogens (tertiary/aromatic N) is 1. The topological polar surface area (TPSA) is 41.6 Å². The molecule has 0 amide bonds. The van der Waals surface area contributed by atoms with Crippen molar-refractivity contribution in [2.24, 2.45) is 0 Å². The van der Waals surface area contributed by atoms with Gasteiger partial charge in [-0.1, -0.05) is 0 Å². The molecule has 106 valence electrons. The van der Waals surface area contributed by atoms with Crippen LogP contribution in [0.2, 0.25) is 0 Å². The van der Waals surface area contributed by atoms with Gasteiger partial charge in [0.15, 0.2) is 0 Å². The van der Waals surface area contributed by atoms with Gasteiger partial charge in [-0.2, -0.15) is 0 Å². The maximum absolute atomic E-state index is 11.5. The molecule has 1 saturated heterocycles. The van der Waals surface area contributed by atoms with Crippen LogP contribution in [0.3, 0.4) is 0 Å². The molecule has 1 N–H and O–H groups in total. The van der Waals surface area contributed by atoms with Gasteiger partial charge in [0.25, 0.3) is 0 Å². The fourth-order valence-electron chi connectivity index (χ4n) is 2.21. The number of nitrogens with one attached hydrogen (secondary N) is 1. The van der Waals surface area contributed by atoms with Crippen molar-refractivity contribution in [3.05, 3.63) is 0 Å². The molecule has 1 aliphatic rings. The van der Waals surface area contributed by atoms with E-state index >= 15 is 0 Å². The maximum Gasteiger partial charge on any atom is 0.307 e. The summed E-state index contributed by atoms with van der Waals surface area (Å²) in [6.07, 6.45) is 3.09. The van der Waals surface area contributed by atoms with Gasteiger partial charge in [-0.15, -0.1) is 0 Å². The van der Waals surface area contributed by atoms with Crippen molar-refractivity contribution in [2.75, 3.05) is 26.2 Å². The van der Waals surface area contributed by atoms with Crippen LogP contribution in [-0.4, -0.2) is 48.7 Å². The SMILES string of the molecule is CC(CNCCC(=O)OC(C)(C)C)N1CCCC1. The van der Waals surface area contributed by atoms with E-state index in [1.165, 1.54) is 25.9 Å². The van der Waals surface area contributed by atoms with Crippen LogP contribution in [-0.2, 0) is 9.53 Å². The Morgan fingerprint density at radius 1 is 1.33 bits per heavy atom. The van der Waals surface area contributed by atoms with Crippen molar-refractivity contribution >= 4 is 5.97 Å². The highest BCUT2D eigenvalue weighted by Crippen LogP contribution is 2.11. The van der Waals surface area contributed by atoms with Gasteiger partial charge in [-0.25, -0.2) is 0 Å². The highest BCUT2D eigenvalue weighted by Gasteiger charge is 2.18. The largest absolute Gasteiger partial charge is 0.460 e. The summed E-state index contributed by atoms with van der Waals surface area (Å²) in [6, 6.07) is 0.561. The Labute approximate surface area is 111 Å². The molecule has 18 heavy (non-hydrogen) atoms. The number of ether oxygens (including phenoxy) is 1. The summed E-state index contributed by atoms with van der Waals surface area (Å²) < 4.78 is 5.26. The predicted octanol–water partition coefficient (Wildman–Crippen LogP) is 1.79. The van der Waals surface area contributed by atoms with Gasteiger partial charge >= 0.3 is 5.97 Å². The normalized spacial score (nSPS) is 18.9. The summed E-state index contributed by atoms with van der Waals surface area (Å²) >= 11 is 0. The molecule has 0 aromatic carbocycles. The van der Waals surface area contributed by atoms with E-state index < -0.39 is 0 Å². The number of hydrogen-bond donors (Lipinski definition) is 1. The molecule has 0 spiro atoms. The summed E-state index contributed by atoms with van der Waals surface area (Å²) in [4.78, 5) is 14.0. The van der Waals surface area contributed by atoms with E-state index in [1.54, 1.807) is 0 Å². The van der Waals surface area contributed by atoms with E-state index in [9.17, 15) is 4.79 Å². The Morgan fingerprint density at radius 3 is 2.50 bits per heavy atom. The first kappa shape index (κ1) is 15.4. The fourth-order valence-corrected chi connectivity index (χ4v) is 2.21. The minimum Gasteiger partial charge on any atom is -0.460 e. The van der Waals surface area contributed by atoms with E-state index in [4.69, 9.17) is 4.74 Å². The first-order chi connectivity index (χ1) is 8.38. The van der Waals surface area contributed by atoms with E-state index in [0.29, 0.717) is 19.0 Å². The number of carbonyl (C=O) groups excluding carboxylic acids is 1. The predicted molar refractivity (Wildman–Crippen MR) is 73.6 cm³/mol. The Bertz CT molecular complexity index is 255. The average Bonchev–Trinajstić information content (AvgIpc) is 2.74. The first-order valence-electron chi connectivity index (χ1n) is 7.05. The van der Waals surface area contributed by atoms with Gasteiger partial charge in [-0.05, 0) is 53.6 Å². The van der Waals surface area contributed by atoms with Crippen molar-refractivity contribution < 1.29 is 9.53 Å². The third-order valence-corrected chi connectivity index (χ3v) is 3.13. The van der Waals surface area contributed by atoms with Gasteiger partial charge in [0, 0.05) is 19.1 Å². The smallest absolute Gasteiger partial charge is 0.307 e. The molecular weight excluding hydrogens is 228 g/mol. The van der Waals surface area contributed by atoms with Gasteiger partial charge in [0.1, 0.15) is 5.60 Å². The standard InChI is InChI=1S/C14H28N2O2/c1-12(16-9-5-6-10-16)11-15-8-7-13(17)18-14(2,3)4/h12,15H,5-11H2,1-4H3. The third kappa shape index (κ3) is 6.36. The van der Waals surface area contributed by atoms with Gasteiger partial charge < -0.3 is 10.1 Å². The molecule has 1 atom stereocenters. The lowest BCUT2D eigenvalue weighted by molar-refractivity contribution is -0.154. The molecular formula is C14H28N2O2. The number of esters is 1. The molecule has 1 heterocycles. The summed E-state index contributed by atoms with van der Waals surface area (Å²) in [7, 11) is 0. The zero-order valence-corrected chi connectivity index (χ0v) is 12.3. The molecule has 0 radical (unpaired) electrons. The van der Waals surface area contributed by atoms with E-state index in [-0.39, 0.29) is 11.6 Å². The van der Waals surface area contributed by atoms with E-state index in [2.05, 4.69) is 17.1 Å². The minimum absolute atomic E-state index is 0.121. The number of likely N-dealkylation sites (tertiary alicyclic amines) is 1. The third-order valence-electron chi connectivity index (χ3n) is 3.13. The highest BCUT2D eigenvalue weighted by molar-refractivity contribution is 5.70. The van der Waals surface area contributed by atoms with Crippen LogP contribution in [0.1, 0.15) is 47.0 Å². The van der Waals surface area contributed by atoms with Crippen LogP contribution >= 0.6 is 0 Å². The van der Waals surface area contributed by atoms with Crippen molar-refractivity contribution in [3.63, 3.8) is 0 Å². The molecule has 1 rings (SSSR count). The molecule has 4 nitrogen and oxygen atoms in total. The van der Waals surface area contributed by atoms with Gasteiger partial charge in [0.2, 0.25) is 0 Å². The van der Waals surface area contributed by atoms with Gasteiger partial charge in [-0.3, -0.25) is 9.69 Å². The molecule has 0 aliphatic carbocycles. The van der Waals surface area contributed by atoms with Crippen LogP contribution in [0.25, 0.3) is 0 Å². The van der Waals surface area contributed by atoms with Crippen molar-refractivity contribution in [1.82, 2.24) is 10.2 Å². The molecule has 0 saturated carbocycles. The highest BCUT2D eigenvalue weighted by atomic mass is 16.6. The first-order valence-corrected chi connectivity index (χ1v) is 7.05. The maximum atomic E-state index is 11.5. The average molecular weight is 256 g/mol. The Balaban J connectivity index is 2.05. The van der Waals surface area contributed by atoms with Crippen LogP contribution in [0.15, 0.2) is 0 Å². The summed E-state index contributed by atoms with van der Waals surface area (Å²) in [6.45, 7) is 12.0. The van der Waals surface area contributed by atoms with Crippen LogP contribution in [0.4, 0.5) is 0 Å². The molecule has 1 fully saturated rings. The zero-order valence-electron chi connectivity index (χ0n) is 12.3. The number of carbonyl (C=O) groups is 1. The second-order valence-corrected chi connectivity index (χ2v) is 6.13. The molecule has 1 aliphatic heterocycles.